The lowest BCUT2D eigenvalue weighted by molar-refractivity contribution is -0.150. The third-order valence-electron chi connectivity index (χ3n) is 5.68. The largest absolute Gasteiger partial charge is 0.486 e. The summed E-state index contributed by atoms with van der Waals surface area (Å²) in [5.74, 6) is -0.0592. The first-order valence-electron chi connectivity index (χ1n) is 10.9. The van der Waals surface area contributed by atoms with Gasteiger partial charge < -0.3 is 19.5 Å². The van der Waals surface area contributed by atoms with E-state index in [2.05, 4.69) is 10.0 Å². The SMILES string of the molecule is CCOC(=O)C1(NC(=O)c2cccc(NS(=O)(=O)c3ccc4c(c3)OCCO4)c2)CCCC1. The highest BCUT2D eigenvalue weighted by Crippen LogP contribution is 2.33. The van der Waals surface area contributed by atoms with E-state index in [9.17, 15) is 18.0 Å². The van der Waals surface area contributed by atoms with E-state index < -0.39 is 27.4 Å². The van der Waals surface area contributed by atoms with E-state index >= 15 is 0 Å². The molecular weight excluding hydrogens is 448 g/mol. The zero-order chi connectivity index (χ0) is 23.5. The second kappa shape index (κ2) is 9.30. The third-order valence-corrected chi connectivity index (χ3v) is 7.06. The molecule has 2 aromatic carbocycles. The summed E-state index contributed by atoms with van der Waals surface area (Å²) in [5, 5.41) is 2.83. The second-order valence-corrected chi connectivity index (χ2v) is 9.64. The number of carbonyl (C=O) groups excluding carboxylic acids is 2. The topological polar surface area (TPSA) is 120 Å². The lowest BCUT2D eigenvalue weighted by Crippen LogP contribution is -2.53. The maximum absolute atomic E-state index is 12.9. The molecule has 0 radical (unpaired) electrons. The number of benzene rings is 2. The van der Waals surface area contributed by atoms with E-state index in [-0.39, 0.29) is 22.8 Å². The predicted octanol–water partition coefficient (Wildman–Crippen LogP) is 2.86. The fourth-order valence-corrected chi connectivity index (χ4v) is 5.11. The van der Waals surface area contributed by atoms with Crippen molar-refractivity contribution in [1.29, 1.82) is 0 Å². The van der Waals surface area contributed by atoms with Gasteiger partial charge in [0.2, 0.25) is 0 Å². The van der Waals surface area contributed by atoms with Crippen LogP contribution in [0.2, 0.25) is 0 Å². The molecule has 0 unspecified atom stereocenters. The third kappa shape index (κ3) is 4.90. The molecule has 2 aromatic rings. The number of fused-ring (bicyclic) bond motifs is 1. The van der Waals surface area contributed by atoms with Gasteiger partial charge in [-0.3, -0.25) is 9.52 Å². The average Bonchev–Trinajstić information content (AvgIpc) is 3.28. The van der Waals surface area contributed by atoms with Gasteiger partial charge in [0.1, 0.15) is 18.8 Å². The fourth-order valence-electron chi connectivity index (χ4n) is 4.05. The molecule has 33 heavy (non-hydrogen) atoms. The van der Waals surface area contributed by atoms with Crippen LogP contribution in [0.5, 0.6) is 11.5 Å². The van der Waals surface area contributed by atoms with Crippen LogP contribution in [0.4, 0.5) is 5.69 Å². The number of amides is 1. The summed E-state index contributed by atoms with van der Waals surface area (Å²) in [4.78, 5) is 25.4. The van der Waals surface area contributed by atoms with Crippen molar-refractivity contribution < 1.29 is 32.2 Å². The number of sulfonamides is 1. The molecule has 1 aliphatic carbocycles. The van der Waals surface area contributed by atoms with Gasteiger partial charge in [-0.15, -0.1) is 0 Å². The summed E-state index contributed by atoms with van der Waals surface area (Å²) in [6.45, 7) is 2.70. The Morgan fingerprint density at radius 3 is 2.48 bits per heavy atom. The van der Waals surface area contributed by atoms with Crippen molar-refractivity contribution >= 4 is 27.6 Å². The number of esters is 1. The summed E-state index contributed by atoms with van der Waals surface area (Å²) in [7, 11) is -3.94. The first-order valence-corrected chi connectivity index (χ1v) is 12.3. The van der Waals surface area contributed by atoms with Crippen molar-refractivity contribution in [2.45, 2.75) is 43.0 Å². The summed E-state index contributed by atoms with van der Waals surface area (Å²) >= 11 is 0. The maximum atomic E-state index is 12.9. The van der Waals surface area contributed by atoms with Crippen LogP contribution in [0.25, 0.3) is 0 Å². The Morgan fingerprint density at radius 2 is 1.76 bits per heavy atom. The molecule has 1 saturated carbocycles. The summed E-state index contributed by atoms with van der Waals surface area (Å²) < 4.78 is 44.3. The van der Waals surface area contributed by atoms with Crippen molar-refractivity contribution in [3.05, 3.63) is 48.0 Å². The average molecular weight is 475 g/mol. The standard InChI is InChI=1S/C23H26N2O7S/c1-2-30-22(27)23(10-3-4-11-23)24-21(26)16-6-5-7-17(14-16)25-33(28,29)18-8-9-19-20(15-18)32-13-12-31-19/h5-9,14-15,25H,2-4,10-13H2,1H3,(H,24,26). The highest BCUT2D eigenvalue weighted by Gasteiger charge is 2.44. The smallest absolute Gasteiger partial charge is 0.331 e. The number of anilines is 1. The molecule has 10 heteroatoms. The summed E-state index contributed by atoms with van der Waals surface area (Å²) in [5.41, 5.74) is -0.601. The molecular formula is C23H26N2O7S. The summed E-state index contributed by atoms with van der Waals surface area (Å²) in [6, 6.07) is 10.5. The van der Waals surface area contributed by atoms with Crippen LogP contribution in [0.3, 0.4) is 0 Å². The second-order valence-electron chi connectivity index (χ2n) is 7.96. The molecule has 1 fully saturated rings. The first kappa shape index (κ1) is 22.9. The number of carbonyl (C=O) groups is 2. The van der Waals surface area contributed by atoms with E-state index in [4.69, 9.17) is 14.2 Å². The lowest BCUT2D eigenvalue weighted by atomic mass is 9.97. The number of ether oxygens (including phenoxy) is 3. The molecule has 0 bridgehead atoms. The number of hydrogen-bond acceptors (Lipinski definition) is 7. The van der Waals surface area contributed by atoms with Crippen LogP contribution in [-0.2, 0) is 19.6 Å². The highest BCUT2D eigenvalue weighted by molar-refractivity contribution is 7.92. The van der Waals surface area contributed by atoms with E-state index in [0.29, 0.717) is 37.6 Å². The molecule has 4 rings (SSSR count). The quantitative estimate of drug-likeness (QED) is 0.592. The van der Waals surface area contributed by atoms with Crippen LogP contribution in [-0.4, -0.2) is 45.7 Å². The minimum Gasteiger partial charge on any atom is -0.486 e. The molecule has 2 N–H and O–H groups in total. The molecule has 1 amide bonds. The molecule has 176 valence electrons. The van der Waals surface area contributed by atoms with Gasteiger partial charge in [-0.2, -0.15) is 0 Å². The molecule has 9 nitrogen and oxygen atoms in total. The Kier molecular flexibility index (Phi) is 6.46. The molecule has 1 aliphatic heterocycles. The normalized spacial score (nSPS) is 16.6. The van der Waals surface area contributed by atoms with Gasteiger partial charge in [-0.25, -0.2) is 13.2 Å². The van der Waals surface area contributed by atoms with Gasteiger partial charge in [0.15, 0.2) is 11.5 Å². The Hall–Kier alpha value is -3.27. The monoisotopic (exact) mass is 474 g/mol. The van der Waals surface area contributed by atoms with E-state index in [1.165, 1.54) is 18.2 Å². The number of nitrogens with one attached hydrogen (secondary N) is 2. The van der Waals surface area contributed by atoms with Crippen LogP contribution < -0.4 is 19.5 Å². The van der Waals surface area contributed by atoms with Gasteiger partial charge in [0, 0.05) is 17.3 Å². The van der Waals surface area contributed by atoms with E-state index in [1.54, 1.807) is 31.2 Å². The van der Waals surface area contributed by atoms with Gasteiger partial charge in [-0.05, 0) is 50.1 Å². The van der Waals surface area contributed by atoms with E-state index in [0.717, 1.165) is 12.8 Å². The van der Waals surface area contributed by atoms with Crippen molar-refractivity contribution in [3.8, 4) is 11.5 Å². The Labute approximate surface area is 192 Å². The molecule has 2 aliphatic rings. The molecule has 0 saturated heterocycles. The Bertz CT molecular complexity index is 1160. The van der Waals surface area contributed by atoms with Crippen LogP contribution in [0.1, 0.15) is 43.0 Å². The zero-order valence-electron chi connectivity index (χ0n) is 18.3. The molecule has 1 heterocycles. The minimum absolute atomic E-state index is 0.00817. The van der Waals surface area contributed by atoms with Crippen LogP contribution in [0, 0.1) is 0 Å². The van der Waals surface area contributed by atoms with Crippen LogP contribution >= 0.6 is 0 Å². The Balaban J connectivity index is 1.51. The van der Waals surface area contributed by atoms with Crippen molar-refractivity contribution in [2.24, 2.45) is 0 Å². The minimum atomic E-state index is -3.94. The first-order chi connectivity index (χ1) is 15.8. The zero-order valence-corrected chi connectivity index (χ0v) is 19.1. The lowest BCUT2D eigenvalue weighted by Gasteiger charge is -2.27. The number of rotatable bonds is 7. The van der Waals surface area contributed by atoms with Crippen molar-refractivity contribution in [1.82, 2.24) is 5.32 Å². The molecule has 0 spiro atoms. The van der Waals surface area contributed by atoms with Gasteiger partial charge in [-0.1, -0.05) is 18.9 Å². The highest BCUT2D eigenvalue weighted by atomic mass is 32.2. The van der Waals surface area contributed by atoms with Gasteiger partial charge >= 0.3 is 5.97 Å². The molecule has 0 aromatic heterocycles. The van der Waals surface area contributed by atoms with Crippen LogP contribution in [0.15, 0.2) is 47.4 Å². The van der Waals surface area contributed by atoms with Gasteiger partial charge in [0.25, 0.3) is 15.9 Å². The fraction of sp³-hybridized carbons (Fsp3) is 0.391. The number of hydrogen-bond donors (Lipinski definition) is 2. The van der Waals surface area contributed by atoms with Crippen molar-refractivity contribution in [2.75, 3.05) is 24.5 Å². The summed E-state index contributed by atoms with van der Waals surface area (Å²) in [6.07, 6.45) is 2.64. The maximum Gasteiger partial charge on any atom is 0.331 e. The van der Waals surface area contributed by atoms with E-state index in [1.807, 2.05) is 0 Å². The predicted molar refractivity (Wildman–Crippen MR) is 120 cm³/mol. The molecule has 0 atom stereocenters. The van der Waals surface area contributed by atoms with Gasteiger partial charge in [0.05, 0.1) is 11.5 Å². The Morgan fingerprint density at radius 1 is 1.03 bits per heavy atom. The van der Waals surface area contributed by atoms with Crippen molar-refractivity contribution in [3.63, 3.8) is 0 Å².